The molecule has 0 amide bonds. The minimum atomic E-state index is 0.762. The van der Waals surface area contributed by atoms with Gasteiger partial charge in [-0.25, -0.2) is 0 Å². The van der Waals surface area contributed by atoms with E-state index in [1.807, 2.05) is 28.8 Å². The zero-order valence-corrected chi connectivity index (χ0v) is 15.5. The van der Waals surface area contributed by atoms with E-state index in [4.69, 9.17) is 4.99 Å². The third-order valence-corrected chi connectivity index (χ3v) is 4.63. The van der Waals surface area contributed by atoms with Gasteiger partial charge in [0.1, 0.15) is 5.82 Å². The Morgan fingerprint density at radius 3 is 3.04 bits per heavy atom. The van der Waals surface area contributed by atoms with E-state index in [0.29, 0.717) is 0 Å². The van der Waals surface area contributed by atoms with Crippen LogP contribution in [0.3, 0.4) is 0 Å². The molecule has 0 unspecified atom stereocenters. The fourth-order valence-electron chi connectivity index (χ4n) is 2.68. The Hall–Kier alpha value is -2.41. The highest BCUT2D eigenvalue weighted by atomic mass is 32.1. The summed E-state index contributed by atoms with van der Waals surface area (Å²) in [6.45, 7) is 4.58. The Morgan fingerprint density at radius 1 is 1.32 bits per heavy atom. The lowest BCUT2D eigenvalue weighted by Gasteiger charge is -2.21. The van der Waals surface area contributed by atoms with Gasteiger partial charge < -0.3 is 10.2 Å². The molecule has 0 aliphatic rings. The van der Waals surface area contributed by atoms with Crippen LogP contribution >= 0.6 is 11.3 Å². The Bertz CT molecular complexity index is 808. The van der Waals surface area contributed by atoms with Crippen LogP contribution in [0, 0.1) is 0 Å². The Kier molecular flexibility index (Phi) is 6.00. The molecule has 0 saturated heterocycles. The first-order valence-corrected chi connectivity index (χ1v) is 9.51. The standard InChI is InChI=1S/C18H24N6S/c1-3-19-18(23(2)13-15-9-12-25-14-15)20-10-6-8-17-22-21-16-7-4-5-11-24(16)17/h4-5,7,9,11-12,14H,3,6,8,10,13H2,1-2H3,(H,19,20). The lowest BCUT2D eigenvalue weighted by molar-refractivity contribution is 0.477. The van der Waals surface area contributed by atoms with E-state index < -0.39 is 0 Å². The molecule has 1 N–H and O–H groups in total. The normalized spacial score (nSPS) is 11.8. The lowest BCUT2D eigenvalue weighted by atomic mass is 10.3. The Balaban J connectivity index is 1.56. The summed E-state index contributed by atoms with van der Waals surface area (Å²) >= 11 is 1.73. The molecule has 0 spiro atoms. The molecule has 0 aliphatic heterocycles. The van der Waals surface area contributed by atoms with Crippen molar-refractivity contribution >= 4 is 22.9 Å². The molecule has 0 atom stereocenters. The molecular formula is C18H24N6S. The van der Waals surface area contributed by atoms with Crippen molar-refractivity contribution in [1.82, 2.24) is 24.8 Å². The number of pyridine rings is 1. The van der Waals surface area contributed by atoms with Crippen molar-refractivity contribution in [3.8, 4) is 0 Å². The number of thiophene rings is 1. The number of nitrogens with one attached hydrogen (secondary N) is 1. The number of aliphatic imine (C=N–C) groups is 1. The van der Waals surface area contributed by atoms with Crippen LogP contribution in [0.1, 0.15) is 24.7 Å². The van der Waals surface area contributed by atoms with E-state index in [-0.39, 0.29) is 0 Å². The average molecular weight is 356 g/mol. The second-order valence-corrected chi connectivity index (χ2v) is 6.65. The van der Waals surface area contributed by atoms with Crippen LogP contribution in [-0.2, 0) is 13.0 Å². The number of aromatic nitrogens is 3. The number of guanidine groups is 1. The van der Waals surface area contributed by atoms with Gasteiger partial charge in [-0.05, 0) is 47.9 Å². The second kappa shape index (κ2) is 8.62. The third-order valence-electron chi connectivity index (χ3n) is 3.90. The highest BCUT2D eigenvalue weighted by Gasteiger charge is 2.07. The van der Waals surface area contributed by atoms with Crippen molar-refractivity contribution in [2.45, 2.75) is 26.3 Å². The van der Waals surface area contributed by atoms with Gasteiger partial charge in [0.2, 0.25) is 0 Å². The largest absolute Gasteiger partial charge is 0.357 e. The molecule has 3 aromatic heterocycles. The first-order valence-electron chi connectivity index (χ1n) is 8.57. The van der Waals surface area contributed by atoms with Crippen LogP contribution < -0.4 is 5.32 Å². The van der Waals surface area contributed by atoms with Crippen molar-refractivity contribution in [3.63, 3.8) is 0 Å². The molecule has 0 fully saturated rings. The van der Waals surface area contributed by atoms with Crippen LogP contribution in [0.25, 0.3) is 5.65 Å². The summed E-state index contributed by atoms with van der Waals surface area (Å²) < 4.78 is 2.04. The smallest absolute Gasteiger partial charge is 0.193 e. The van der Waals surface area contributed by atoms with E-state index in [0.717, 1.165) is 49.9 Å². The minimum Gasteiger partial charge on any atom is -0.357 e. The van der Waals surface area contributed by atoms with E-state index in [1.165, 1.54) is 5.56 Å². The number of fused-ring (bicyclic) bond motifs is 1. The molecule has 0 saturated carbocycles. The molecule has 0 bridgehead atoms. The first-order chi connectivity index (χ1) is 12.3. The Morgan fingerprint density at radius 2 is 2.24 bits per heavy atom. The predicted octanol–water partition coefficient (Wildman–Crippen LogP) is 2.82. The zero-order valence-electron chi connectivity index (χ0n) is 14.7. The summed E-state index contributed by atoms with van der Waals surface area (Å²) in [5.74, 6) is 1.93. The lowest BCUT2D eigenvalue weighted by Crippen LogP contribution is -2.38. The average Bonchev–Trinajstić information content (AvgIpc) is 3.27. The van der Waals surface area contributed by atoms with Crippen molar-refractivity contribution in [1.29, 1.82) is 0 Å². The number of hydrogen-bond acceptors (Lipinski definition) is 4. The monoisotopic (exact) mass is 356 g/mol. The molecule has 0 radical (unpaired) electrons. The number of rotatable bonds is 7. The maximum atomic E-state index is 4.75. The molecule has 25 heavy (non-hydrogen) atoms. The van der Waals surface area contributed by atoms with Crippen LogP contribution in [-0.4, -0.2) is 45.6 Å². The van der Waals surface area contributed by atoms with E-state index in [9.17, 15) is 0 Å². The van der Waals surface area contributed by atoms with Gasteiger partial charge in [-0.3, -0.25) is 9.39 Å². The SMILES string of the molecule is CCNC(=NCCCc1nnc2ccccn12)N(C)Cc1ccsc1. The fraction of sp³-hybridized carbons (Fsp3) is 0.389. The highest BCUT2D eigenvalue weighted by molar-refractivity contribution is 7.07. The fourth-order valence-corrected chi connectivity index (χ4v) is 3.34. The minimum absolute atomic E-state index is 0.762. The van der Waals surface area contributed by atoms with Crippen LogP contribution in [0.5, 0.6) is 0 Å². The van der Waals surface area contributed by atoms with Gasteiger partial charge in [-0.15, -0.1) is 10.2 Å². The zero-order chi connectivity index (χ0) is 17.5. The van der Waals surface area contributed by atoms with Crippen LogP contribution in [0.2, 0.25) is 0 Å². The van der Waals surface area contributed by atoms with Crippen molar-refractivity contribution in [2.75, 3.05) is 20.1 Å². The second-order valence-electron chi connectivity index (χ2n) is 5.87. The van der Waals surface area contributed by atoms with Gasteiger partial charge in [-0.1, -0.05) is 6.07 Å². The van der Waals surface area contributed by atoms with Gasteiger partial charge in [0.15, 0.2) is 11.6 Å². The molecule has 0 aliphatic carbocycles. The summed E-state index contributed by atoms with van der Waals surface area (Å²) in [6.07, 6.45) is 3.81. The topological polar surface area (TPSA) is 57.8 Å². The molecule has 3 aromatic rings. The number of hydrogen-bond donors (Lipinski definition) is 1. The highest BCUT2D eigenvalue weighted by Crippen LogP contribution is 2.09. The van der Waals surface area contributed by atoms with Gasteiger partial charge in [0, 0.05) is 39.3 Å². The van der Waals surface area contributed by atoms with Crippen LogP contribution in [0.15, 0.2) is 46.2 Å². The molecule has 132 valence electrons. The molecule has 3 heterocycles. The Labute approximate surface area is 152 Å². The van der Waals surface area contributed by atoms with Gasteiger partial charge >= 0.3 is 0 Å². The number of aryl methyl sites for hydroxylation is 1. The van der Waals surface area contributed by atoms with Crippen molar-refractivity contribution in [2.24, 2.45) is 4.99 Å². The van der Waals surface area contributed by atoms with E-state index in [2.05, 4.69) is 51.2 Å². The maximum Gasteiger partial charge on any atom is 0.193 e. The van der Waals surface area contributed by atoms with Gasteiger partial charge in [0.05, 0.1) is 0 Å². The molecule has 7 heteroatoms. The van der Waals surface area contributed by atoms with Gasteiger partial charge in [-0.2, -0.15) is 11.3 Å². The molecule has 3 rings (SSSR count). The summed E-state index contributed by atoms with van der Waals surface area (Å²) in [5, 5.41) is 16.1. The summed E-state index contributed by atoms with van der Waals surface area (Å²) in [5.41, 5.74) is 2.21. The quantitative estimate of drug-likeness (QED) is 0.402. The molecule has 6 nitrogen and oxygen atoms in total. The molecular weight excluding hydrogens is 332 g/mol. The third kappa shape index (κ3) is 4.57. The first kappa shape index (κ1) is 17.4. The van der Waals surface area contributed by atoms with E-state index in [1.54, 1.807) is 11.3 Å². The van der Waals surface area contributed by atoms with Crippen LogP contribution in [0.4, 0.5) is 0 Å². The maximum absolute atomic E-state index is 4.75. The summed E-state index contributed by atoms with van der Waals surface area (Å²) in [4.78, 5) is 6.92. The van der Waals surface area contributed by atoms with E-state index >= 15 is 0 Å². The predicted molar refractivity (Wildman–Crippen MR) is 103 cm³/mol. The number of nitrogens with zero attached hydrogens (tertiary/aromatic N) is 5. The molecule has 0 aromatic carbocycles. The summed E-state index contributed by atoms with van der Waals surface area (Å²) in [7, 11) is 2.07. The van der Waals surface area contributed by atoms with Gasteiger partial charge in [0.25, 0.3) is 0 Å². The summed E-state index contributed by atoms with van der Waals surface area (Å²) in [6, 6.07) is 8.10. The van der Waals surface area contributed by atoms with Crippen molar-refractivity contribution in [3.05, 3.63) is 52.6 Å². The van der Waals surface area contributed by atoms with Crippen molar-refractivity contribution < 1.29 is 0 Å².